The van der Waals surface area contributed by atoms with E-state index in [9.17, 15) is 0 Å². The Kier molecular flexibility index (Phi) is 3.33. The van der Waals surface area contributed by atoms with Crippen molar-refractivity contribution < 1.29 is 9.26 Å². The standard InChI is InChI=1S/C13H18N4O2/c1-9-7-10(2)17(15-9)5-3-12-14-13(16-19-12)11-4-6-18-8-11/h7,11H,3-6,8H2,1-2H3. The van der Waals surface area contributed by atoms with Crippen molar-refractivity contribution in [2.75, 3.05) is 13.2 Å². The van der Waals surface area contributed by atoms with E-state index >= 15 is 0 Å². The van der Waals surface area contributed by atoms with Crippen LogP contribution in [0.3, 0.4) is 0 Å². The van der Waals surface area contributed by atoms with E-state index in [1.807, 2.05) is 11.6 Å². The molecular formula is C13H18N4O2. The zero-order valence-electron chi connectivity index (χ0n) is 11.3. The van der Waals surface area contributed by atoms with Gasteiger partial charge in [-0.05, 0) is 26.3 Å². The van der Waals surface area contributed by atoms with Crippen LogP contribution in [0.2, 0.25) is 0 Å². The zero-order valence-corrected chi connectivity index (χ0v) is 11.3. The first-order valence-electron chi connectivity index (χ1n) is 6.63. The van der Waals surface area contributed by atoms with Crippen LogP contribution in [0.25, 0.3) is 0 Å². The Hall–Kier alpha value is -1.69. The fourth-order valence-electron chi connectivity index (χ4n) is 2.38. The van der Waals surface area contributed by atoms with Gasteiger partial charge in [0, 0.05) is 31.2 Å². The van der Waals surface area contributed by atoms with Crippen molar-refractivity contribution in [2.24, 2.45) is 0 Å². The molecule has 6 heteroatoms. The maximum atomic E-state index is 5.33. The molecular weight excluding hydrogens is 244 g/mol. The van der Waals surface area contributed by atoms with Crippen LogP contribution in [-0.4, -0.2) is 33.1 Å². The SMILES string of the molecule is Cc1cc(C)n(CCc2nc(C3CCOC3)no2)n1. The lowest BCUT2D eigenvalue weighted by Crippen LogP contribution is -2.06. The summed E-state index contributed by atoms with van der Waals surface area (Å²) in [6.07, 6.45) is 1.69. The largest absolute Gasteiger partial charge is 0.381 e. The van der Waals surface area contributed by atoms with Crippen molar-refractivity contribution in [1.29, 1.82) is 0 Å². The van der Waals surface area contributed by atoms with E-state index in [0.29, 0.717) is 24.8 Å². The Labute approximate surface area is 111 Å². The minimum Gasteiger partial charge on any atom is -0.381 e. The molecule has 3 rings (SSSR count). The Morgan fingerprint density at radius 1 is 1.42 bits per heavy atom. The monoisotopic (exact) mass is 262 g/mol. The number of rotatable bonds is 4. The second-order valence-corrected chi connectivity index (χ2v) is 5.01. The molecule has 0 radical (unpaired) electrons. The Morgan fingerprint density at radius 3 is 3.00 bits per heavy atom. The molecule has 0 aliphatic carbocycles. The minimum absolute atomic E-state index is 0.297. The van der Waals surface area contributed by atoms with Crippen LogP contribution in [0.4, 0.5) is 0 Å². The van der Waals surface area contributed by atoms with Gasteiger partial charge in [-0.2, -0.15) is 10.1 Å². The van der Waals surface area contributed by atoms with Gasteiger partial charge in [-0.1, -0.05) is 5.16 Å². The molecule has 1 saturated heterocycles. The van der Waals surface area contributed by atoms with Crippen molar-refractivity contribution in [2.45, 2.75) is 39.2 Å². The lowest BCUT2D eigenvalue weighted by atomic mass is 10.1. The molecule has 0 amide bonds. The molecule has 1 aliphatic rings. The van der Waals surface area contributed by atoms with E-state index in [1.165, 1.54) is 0 Å². The van der Waals surface area contributed by atoms with E-state index in [4.69, 9.17) is 9.26 Å². The maximum absolute atomic E-state index is 5.33. The molecule has 1 aliphatic heterocycles. The van der Waals surface area contributed by atoms with Crippen molar-refractivity contribution in [3.63, 3.8) is 0 Å². The van der Waals surface area contributed by atoms with E-state index in [-0.39, 0.29) is 0 Å². The van der Waals surface area contributed by atoms with Gasteiger partial charge in [0.1, 0.15) is 0 Å². The lowest BCUT2D eigenvalue weighted by Gasteiger charge is -2.01. The Balaban J connectivity index is 1.62. The van der Waals surface area contributed by atoms with E-state index < -0.39 is 0 Å². The summed E-state index contributed by atoms with van der Waals surface area (Å²) in [5.41, 5.74) is 2.19. The lowest BCUT2D eigenvalue weighted by molar-refractivity contribution is 0.192. The molecule has 0 spiro atoms. The van der Waals surface area contributed by atoms with Crippen molar-refractivity contribution >= 4 is 0 Å². The molecule has 0 bridgehead atoms. The number of aryl methyl sites for hydroxylation is 4. The predicted octanol–water partition coefficient (Wildman–Crippen LogP) is 1.63. The van der Waals surface area contributed by atoms with E-state index in [1.54, 1.807) is 0 Å². The second kappa shape index (κ2) is 5.13. The van der Waals surface area contributed by atoms with Gasteiger partial charge < -0.3 is 9.26 Å². The third kappa shape index (κ3) is 2.68. The summed E-state index contributed by atoms with van der Waals surface area (Å²) in [7, 11) is 0. The van der Waals surface area contributed by atoms with Crippen LogP contribution >= 0.6 is 0 Å². The van der Waals surface area contributed by atoms with Gasteiger partial charge in [0.25, 0.3) is 0 Å². The molecule has 0 aromatic carbocycles. The fraction of sp³-hybridized carbons (Fsp3) is 0.615. The fourth-order valence-corrected chi connectivity index (χ4v) is 2.38. The van der Waals surface area contributed by atoms with Gasteiger partial charge in [0.2, 0.25) is 5.89 Å². The van der Waals surface area contributed by atoms with Crippen LogP contribution < -0.4 is 0 Å². The van der Waals surface area contributed by atoms with Gasteiger partial charge in [-0.3, -0.25) is 4.68 Å². The molecule has 1 unspecified atom stereocenters. The number of nitrogens with zero attached hydrogens (tertiary/aromatic N) is 4. The highest BCUT2D eigenvalue weighted by molar-refractivity contribution is 5.06. The highest BCUT2D eigenvalue weighted by Gasteiger charge is 2.23. The molecule has 1 atom stereocenters. The molecule has 0 N–H and O–H groups in total. The van der Waals surface area contributed by atoms with Crippen LogP contribution in [0.5, 0.6) is 0 Å². The predicted molar refractivity (Wildman–Crippen MR) is 67.9 cm³/mol. The summed E-state index contributed by atoms with van der Waals surface area (Å²) in [5.74, 6) is 1.75. The van der Waals surface area contributed by atoms with Crippen molar-refractivity contribution in [3.05, 3.63) is 29.2 Å². The number of aromatic nitrogens is 4. The maximum Gasteiger partial charge on any atom is 0.228 e. The first-order chi connectivity index (χ1) is 9.22. The van der Waals surface area contributed by atoms with Gasteiger partial charge in [-0.25, -0.2) is 0 Å². The zero-order chi connectivity index (χ0) is 13.2. The number of ether oxygens (including phenoxy) is 1. The topological polar surface area (TPSA) is 66.0 Å². The summed E-state index contributed by atoms with van der Waals surface area (Å²) in [6.45, 7) is 6.31. The molecule has 19 heavy (non-hydrogen) atoms. The first kappa shape index (κ1) is 12.3. The summed E-state index contributed by atoms with van der Waals surface area (Å²) in [5, 5.41) is 8.46. The highest BCUT2D eigenvalue weighted by atomic mass is 16.5. The van der Waals surface area contributed by atoms with Crippen LogP contribution in [-0.2, 0) is 17.7 Å². The van der Waals surface area contributed by atoms with E-state index in [0.717, 1.165) is 36.8 Å². The van der Waals surface area contributed by atoms with Gasteiger partial charge >= 0.3 is 0 Å². The third-order valence-electron chi connectivity index (χ3n) is 3.42. The average Bonchev–Trinajstić information content (AvgIpc) is 3.07. The van der Waals surface area contributed by atoms with Crippen molar-refractivity contribution in [1.82, 2.24) is 19.9 Å². The smallest absolute Gasteiger partial charge is 0.228 e. The summed E-state index contributed by atoms with van der Waals surface area (Å²) in [4.78, 5) is 4.44. The van der Waals surface area contributed by atoms with Gasteiger partial charge in [0.15, 0.2) is 5.82 Å². The third-order valence-corrected chi connectivity index (χ3v) is 3.42. The van der Waals surface area contributed by atoms with Crippen LogP contribution in [0.15, 0.2) is 10.6 Å². The van der Waals surface area contributed by atoms with Crippen LogP contribution in [0.1, 0.15) is 35.4 Å². The normalized spacial score (nSPS) is 19.2. The molecule has 0 saturated carbocycles. The minimum atomic E-state index is 0.297. The summed E-state index contributed by atoms with van der Waals surface area (Å²) >= 11 is 0. The summed E-state index contributed by atoms with van der Waals surface area (Å²) in [6, 6.07) is 2.06. The van der Waals surface area contributed by atoms with E-state index in [2.05, 4.69) is 28.2 Å². The quantitative estimate of drug-likeness (QED) is 0.837. The molecule has 102 valence electrons. The van der Waals surface area contributed by atoms with Gasteiger partial charge in [0.05, 0.1) is 12.3 Å². The van der Waals surface area contributed by atoms with Crippen molar-refractivity contribution in [3.8, 4) is 0 Å². The number of hydrogen-bond acceptors (Lipinski definition) is 5. The molecule has 1 fully saturated rings. The summed E-state index contributed by atoms with van der Waals surface area (Å²) < 4.78 is 12.6. The molecule has 3 heterocycles. The average molecular weight is 262 g/mol. The molecule has 6 nitrogen and oxygen atoms in total. The molecule has 2 aromatic heterocycles. The second-order valence-electron chi connectivity index (χ2n) is 5.01. The molecule has 2 aromatic rings. The van der Waals surface area contributed by atoms with Crippen LogP contribution in [0, 0.1) is 13.8 Å². The van der Waals surface area contributed by atoms with Gasteiger partial charge in [-0.15, -0.1) is 0 Å². The highest BCUT2D eigenvalue weighted by Crippen LogP contribution is 2.22. The number of hydrogen-bond donors (Lipinski definition) is 0. The Morgan fingerprint density at radius 2 is 2.32 bits per heavy atom. The first-order valence-corrected chi connectivity index (χ1v) is 6.63. The Bertz CT molecular complexity index is 555.